The van der Waals surface area contributed by atoms with E-state index in [1.54, 1.807) is 0 Å². The Balaban J connectivity index is 2.50. The molecular formula is C17H21BrN2O. The van der Waals surface area contributed by atoms with E-state index in [-0.39, 0.29) is 5.54 Å². The topological polar surface area (TPSA) is 34.9 Å². The van der Waals surface area contributed by atoms with Gasteiger partial charge in [0.15, 0.2) is 6.29 Å². The summed E-state index contributed by atoms with van der Waals surface area (Å²) in [7, 11) is 0. The maximum Gasteiger partial charge on any atom is 0.155 e. The van der Waals surface area contributed by atoms with Crippen molar-refractivity contribution in [3.63, 3.8) is 0 Å². The predicted molar refractivity (Wildman–Crippen MR) is 89.7 cm³/mol. The number of rotatable bonds is 4. The molecule has 21 heavy (non-hydrogen) atoms. The van der Waals surface area contributed by atoms with Crippen LogP contribution in [0.2, 0.25) is 0 Å². The summed E-state index contributed by atoms with van der Waals surface area (Å²) in [6.07, 6.45) is 3.07. The smallest absolute Gasteiger partial charge is 0.155 e. The Bertz CT molecular complexity index is 636. The van der Waals surface area contributed by atoms with Crippen LogP contribution >= 0.6 is 15.9 Å². The summed E-state index contributed by atoms with van der Waals surface area (Å²) in [6, 6.07) is 8.30. The van der Waals surface area contributed by atoms with Crippen molar-refractivity contribution in [1.82, 2.24) is 9.78 Å². The van der Waals surface area contributed by atoms with Crippen molar-refractivity contribution in [3.05, 3.63) is 40.0 Å². The van der Waals surface area contributed by atoms with E-state index < -0.39 is 0 Å². The first-order chi connectivity index (χ1) is 9.88. The third-order valence-corrected chi connectivity index (χ3v) is 4.15. The summed E-state index contributed by atoms with van der Waals surface area (Å²) in [6.45, 7) is 8.36. The van der Waals surface area contributed by atoms with Gasteiger partial charge in [-0.05, 0) is 48.7 Å². The van der Waals surface area contributed by atoms with Gasteiger partial charge in [-0.2, -0.15) is 5.10 Å². The largest absolute Gasteiger partial charge is 0.298 e. The molecule has 0 atom stereocenters. The Morgan fingerprint density at radius 3 is 2.33 bits per heavy atom. The zero-order valence-electron chi connectivity index (χ0n) is 13.0. The summed E-state index contributed by atoms with van der Waals surface area (Å²) in [5.41, 5.74) is 3.43. The molecule has 0 aliphatic heterocycles. The highest BCUT2D eigenvalue weighted by molar-refractivity contribution is 9.10. The highest BCUT2D eigenvalue weighted by atomic mass is 79.9. The van der Waals surface area contributed by atoms with Crippen molar-refractivity contribution < 1.29 is 4.79 Å². The van der Waals surface area contributed by atoms with Gasteiger partial charge in [0.25, 0.3) is 0 Å². The minimum Gasteiger partial charge on any atom is -0.298 e. The van der Waals surface area contributed by atoms with E-state index in [4.69, 9.17) is 0 Å². The third kappa shape index (κ3) is 3.26. The lowest BCUT2D eigenvalue weighted by Gasteiger charge is -2.20. The fourth-order valence-corrected chi connectivity index (χ4v) is 3.18. The number of hydrogen-bond donors (Lipinski definition) is 0. The first kappa shape index (κ1) is 16.0. The molecule has 1 aromatic carbocycles. The number of nitrogens with zero attached hydrogens (tertiary/aromatic N) is 2. The fourth-order valence-electron chi connectivity index (χ4n) is 2.29. The van der Waals surface area contributed by atoms with Crippen LogP contribution in [0.25, 0.3) is 11.3 Å². The van der Waals surface area contributed by atoms with Crippen LogP contribution in [0.4, 0.5) is 0 Å². The molecule has 0 radical (unpaired) electrons. The summed E-state index contributed by atoms with van der Waals surface area (Å²) in [5.74, 6) is 0. The lowest BCUT2D eigenvalue weighted by molar-refractivity contribution is 0.112. The van der Waals surface area contributed by atoms with Gasteiger partial charge in [0.2, 0.25) is 0 Å². The SMILES string of the molecule is CCCc1ccc(-c2nn(C(C)(C)C)c(Br)c2C=O)cc1. The number of benzene rings is 1. The van der Waals surface area contributed by atoms with E-state index in [1.807, 2.05) is 16.8 Å². The maximum absolute atomic E-state index is 11.4. The van der Waals surface area contributed by atoms with Gasteiger partial charge in [0.1, 0.15) is 10.3 Å². The Morgan fingerprint density at radius 2 is 1.86 bits per heavy atom. The predicted octanol–water partition coefficient (Wildman–Crippen LogP) is 4.83. The zero-order chi connectivity index (χ0) is 15.6. The van der Waals surface area contributed by atoms with Crippen molar-refractivity contribution >= 4 is 22.2 Å². The second-order valence-corrected chi connectivity index (χ2v) is 6.95. The molecule has 3 nitrogen and oxygen atoms in total. The number of carbonyl (C=O) groups is 1. The van der Waals surface area contributed by atoms with Crippen molar-refractivity contribution in [2.24, 2.45) is 0 Å². The van der Waals surface area contributed by atoms with Crippen LogP contribution < -0.4 is 0 Å². The lowest BCUT2D eigenvalue weighted by Crippen LogP contribution is -2.23. The molecule has 4 heteroatoms. The molecule has 1 heterocycles. The average Bonchev–Trinajstić information content (AvgIpc) is 2.77. The molecule has 0 aliphatic carbocycles. The molecule has 0 saturated carbocycles. The van der Waals surface area contributed by atoms with Gasteiger partial charge in [-0.3, -0.25) is 9.48 Å². The van der Waals surface area contributed by atoms with Crippen LogP contribution in [0.15, 0.2) is 28.9 Å². The normalized spacial score (nSPS) is 11.7. The van der Waals surface area contributed by atoms with Crippen molar-refractivity contribution in [3.8, 4) is 11.3 Å². The second-order valence-electron chi connectivity index (χ2n) is 6.20. The fraction of sp³-hybridized carbons (Fsp3) is 0.412. The minimum absolute atomic E-state index is 0.184. The second kappa shape index (κ2) is 6.14. The van der Waals surface area contributed by atoms with E-state index in [2.05, 4.69) is 60.9 Å². The van der Waals surface area contributed by atoms with Gasteiger partial charge < -0.3 is 0 Å². The van der Waals surface area contributed by atoms with Gasteiger partial charge in [-0.15, -0.1) is 0 Å². The zero-order valence-corrected chi connectivity index (χ0v) is 14.6. The maximum atomic E-state index is 11.4. The number of aldehydes is 1. The van der Waals surface area contributed by atoms with Crippen molar-refractivity contribution in [2.75, 3.05) is 0 Å². The van der Waals surface area contributed by atoms with E-state index in [0.29, 0.717) is 5.56 Å². The van der Waals surface area contributed by atoms with Crippen molar-refractivity contribution in [1.29, 1.82) is 0 Å². The molecule has 0 spiro atoms. The highest BCUT2D eigenvalue weighted by Gasteiger charge is 2.23. The minimum atomic E-state index is -0.184. The summed E-state index contributed by atoms with van der Waals surface area (Å²) in [5, 5.41) is 4.64. The average molecular weight is 349 g/mol. The molecule has 0 aliphatic rings. The molecule has 112 valence electrons. The number of halogens is 1. The van der Waals surface area contributed by atoms with Crippen LogP contribution in [0.5, 0.6) is 0 Å². The monoisotopic (exact) mass is 348 g/mol. The van der Waals surface area contributed by atoms with E-state index in [0.717, 1.165) is 35.0 Å². The molecular weight excluding hydrogens is 328 g/mol. The molecule has 0 unspecified atom stereocenters. The van der Waals surface area contributed by atoms with Gasteiger partial charge in [0, 0.05) is 5.56 Å². The summed E-state index contributed by atoms with van der Waals surface area (Å²) in [4.78, 5) is 11.4. The third-order valence-electron chi connectivity index (χ3n) is 3.38. The first-order valence-electron chi connectivity index (χ1n) is 7.22. The number of aromatic nitrogens is 2. The summed E-state index contributed by atoms with van der Waals surface area (Å²) >= 11 is 3.50. The standard InChI is InChI=1S/C17H21BrN2O/c1-5-6-12-7-9-13(10-8-12)15-14(11-21)16(18)20(19-15)17(2,3)4/h7-11H,5-6H2,1-4H3. The van der Waals surface area contributed by atoms with Crippen LogP contribution in [-0.2, 0) is 12.0 Å². The van der Waals surface area contributed by atoms with E-state index in [1.165, 1.54) is 5.56 Å². The Hall–Kier alpha value is -1.42. The number of aryl methyl sites for hydroxylation is 1. The van der Waals surface area contributed by atoms with Gasteiger partial charge in [-0.1, -0.05) is 37.6 Å². The number of hydrogen-bond acceptors (Lipinski definition) is 2. The van der Waals surface area contributed by atoms with Crippen LogP contribution in [0, 0.1) is 0 Å². The van der Waals surface area contributed by atoms with Gasteiger partial charge >= 0.3 is 0 Å². The molecule has 0 amide bonds. The molecule has 0 fully saturated rings. The first-order valence-corrected chi connectivity index (χ1v) is 8.01. The number of carbonyl (C=O) groups excluding carboxylic acids is 1. The van der Waals surface area contributed by atoms with Crippen LogP contribution in [0.3, 0.4) is 0 Å². The van der Waals surface area contributed by atoms with Crippen LogP contribution in [0.1, 0.15) is 50.0 Å². The Labute approximate surface area is 134 Å². The molecule has 2 rings (SSSR count). The highest BCUT2D eigenvalue weighted by Crippen LogP contribution is 2.31. The molecule has 2 aromatic rings. The molecule has 0 saturated heterocycles. The van der Waals surface area contributed by atoms with Gasteiger partial charge in [0.05, 0.1) is 11.1 Å². The molecule has 0 bridgehead atoms. The van der Waals surface area contributed by atoms with Crippen molar-refractivity contribution in [2.45, 2.75) is 46.1 Å². The lowest BCUT2D eigenvalue weighted by atomic mass is 10.0. The van der Waals surface area contributed by atoms with E-state index in [9.17, 15) is 4.79 Å². The van der Waals surface area contributed by atoms with E-state index >= 15 is 0 Å². The quantitative estimate of drug-likeness (QED) is 0.741. The Kier molecular flexibility index (Phi) is 4.67. The van der Waals surface area contributed by atoms with Crippen LogP contribution in [-0.4, -0.2) is 16.1 Å². The summed E-state index contributed by atoms with van der Waals surface area (Å²) < 4.78 is 2.59. The van der Waals surface area contributed by atoms with Gasteiger partial charge in [-0.25, -0.2) is 0 Å². The molecule has 1 aromatic heterocycles. The molecule has 0 N–H and O–H groups in total. The Morgan fingerprint density at radius 1 is 1.24 bits per heavy atom.